The first-order valence-corrected chi connectivity index (χ1v) is 25.6. The monoisotopic (exact) mass is 941 g/mol. The van der Waals surface area contributed by atoms with Crippen molar-refractivity contribution in [2.45, 2.75) is 68.3 Å². The van der Waals surface area contributed by atoms with E-state index < -0.39 is 11.9 Å². The van der Waals surface area contributed by atoms with Crippen LogP contribution in [0, 0.1) is 0 Å². The molecule has 2 aromatic carbocycles. The van der Waals surface area contributed by atoms with Crippen molar-refractivity contribution in [2.75, 3.05) is 17.7 Å². The lowest BCUT2D eigenvalue weighted by Crippen LogP contribution is -2.34. The molecule has 1 saturated carbocycles. The van der Waals surface area contributed by atoms with Crippen LogP contribution in [-0.4, -0.2) is 60.7 Å². The van der Waals surface area contributed by atoms with Gasteiger partial charge in [0.05, 0.1) is 16.0 Å². The molecule has 0 spiro atoms. The van der Waals surface area contributed by atoms with Gasteiger partial charge in [-0.25, -0.2) is 0 Å². The number of carbonyl (C=O) groups excluding carboxylic acids is 1. The Kier molecular flexibility index (Phi) is 12.3. The number of carboxylic acids is 2. The van der Waals surface area contributed by atoms with Gasteiger partial charge >= 0.3 is 11.9 Å². The van der Waals surface area contributed by atoms with Crippen LogP contribution < -0.4 is 19.7 Å². The fourth-order valence-corrected chi connectivity index (χ4v) is 14.6. The lowest BCUT2D eigenvalue weighted by atomic mass is 9.96. The highest BCUT2D eigenvalue weighted by Crippen LogP contribution is 2.54. The predicted molar refractivity (Wildman–Crippen MR) is 258 cm³/mol. The first-order chi connectivity index (χ1) is 29.6. The van der Waals surface area contributed by atoms with Gasteiger partial charge in [0.25, 0.3) is 11.5 Å². The second kappa shape index (κ2) is 17.8. The van der Waals surface area contributed by atoms with Crippen molar-refractivity contribution < 1.29 is 24.6 Å². The lowest BCUT2D eigenvalue weighted by molar-refractivity contribution is -0.138. The number of carbonyl (C=O) groups is 3. The van der Waals surface area contributed by atoms with Crippen LogP contribution in [0.25, 0.3) is 40.9 Å². The van der Waals surface area contributed by atoms with Gasteiger partial charge in [0.1, 0.15) is 13.9 Å². The van der Waals surface area contributed by atoms with Crippen molar-refractivity contribution in [3.05, 3.63) is 110 Å². The van der Waals surface area contributed by atoms with Crippen molar-refractivity contribution in [1.82, 2.24) is 9.47 Å². The molecule has 2 aliphatic heterocycles. The molecule has 3 aliphatic rings. The molecule has 2 fully saturated rings. The SMILES string of the molecule is CSc1ccc(-c2ccc(-c3ccc(-c4ccc(N5c6ccc(/C=c7\s/c(=C8/SC(=S)N(CCCCC(=O)O)C8=O)n(CCC(=O)O)c7=O)cc6C6CCCC65)s4)s3)s2)cc1. The minimum Gasteiger partial charge on any atom is -0.481 e. The molecule has 1 saturated heterocycles. The number of benzene rings is 2. The molecule has 9 nitrogen and oxygen atoms in total. The second-order valence-corrected chi connectivity index (χ2v) is 21.8. The van der Waals surface area contributed by atoms with E-state index in [0.717, 1.165) is 36.6 Å². The number of anilines is 2. The van der Waals surface area contributed by atoms with Gasteiger partial charge in [0.2, 0.25) is 0 Å². The van der Waals surface area contributed by atoms with Crippen molar-refractivity contribution in [3.63, 3.8) is 0 Å². The van der Waals surface area contributed by atoms with Crippen LogP contribution in [0.1, 0.15) is 62.0 Å². The molecule has 312 valence electrons. The van der Waals surface area contributed by atoms with E-state index in [-0.39, 0.29) is 42.3 Å². The normalized spacial score (nSPS) is 18.4. The Morgan fingerprint density at radius 3 is 2.21 bits per heavy atom. The summed E-state index contributed by atoms with van der Waals surface area (Å²) in [5, 5.41) is 19.7. The number of aliphatic carboxylic acids is 2. The number of thiophene rings is 3. The van der Waals surface area contributed by atoms with E-state index in [1.54, 1.807) is 11.8 Å². The molecule has 4 aromatic heterocycles. The Morgan fingerprint density at radius 1 is 0.803 bits per heavy atom. The molecule has 61 heavy (non-hydrogen) atoms. The van der Waals surface area contributed by atoms with E-state index in [1.165, 1.54) is 71.9 Å². The van der Waals surface area contributed by atoms with Crippen molar-refractivity contribution >= 4 is 125 Å². The molecule has 9 rings (SSSR count). The van der Waals surface area contributed by atoms with Crippen LogP contribution >= 0.6 is 81.1 Å². The predicted octanol–water partition coefficient (Wildman–Crippen LogP) is 10.1. The second-order valence-electron chi connectivity index (χ2n) is 15.0. The molecule has 2 N–H and O–H groups in total. The Balaban J connectivity index is 0.988. The van der Waals surface area contributed by atoms with Gasteiger partial charge in [-0.1, -0.05) is 48.6 Å². The van der Waals surface area contributed by atoms with Gasteiger partial charge < -0.3 is 15.1 Å². The molecule has 6 heterocycles. The highest BCUT2D eigenvalue weighted by molar-refractivity contribution is 8.30. The van der Waals surface area contributed by atoms with Crippen LogP contribution in [0.3, 0.4) is 0 Å². The molecule has 1 amide bonds. The summed E-state index contributed by atoms with van der Waals surface area (Å²) in [5.41, 5.74) is 4.22. The first-order valence-electron chi connectivity index (χ1n) is 19.9. The average Bonchev–Trinajstić information content (AvgIpc) is 4.11. The van der Waals surface area contributed by atoms with Crippen LogP contribution in [0.2, 0.25) is 0 Å². The maximum absolute atomic E-state index is 13.9. The Hall–Kier alpha value is -4.29. The fraction of sp³-hybridized carbons (Fsp3) is 0.267. The van der Waals surface area contributed by atoms with E-state index in [1.807, 2.05) is 46.2 Å². The summed E-state index contributed by atoms with van der Waals surface area (Å²) in [6.07, 6.45) is 7.86. The summed E-state index contributed by atoms with van der Waals surface area (Å²) in [5.74, 6) is -1.94. The van der Waals surface area contributed by atoms with E-state index >= 15 is 0 Å². The van der Waals surface area contributed by atoms with E-state index in [4.69, 9.17) is 17.3 Å². The zero-order valence-corrected chi connectivity index (χ0v) is 38.5. The number of hydrogen-bond acceptors (Lipinski definition) is 12. The van der Waals surface area contributed by atoms with Gasteiger partial charge in [-0.2, -0.15) is 0 Å². The van der Waals surface area contributed by atoms with Gasteiger partial charge in [-0.3, -0.25) is 28.6 Å². The third-order valence-corrected chi connectivity index (χ3v) is 18.4. The summed E-state index contributed by atoms with van der Waals surface area (Å²) in [4.78, 5) is 62.0. The summed E-state index contributed by atoms with van der Waals surface area (Å²) in [7, 11) is 0. The van der Waals surface area contributed by atoms with Gasteiger partial charge in [-0.05, 0) is 115 Å². The Morgan fingerprint density at radius 2 is 1.49 bits per heavy atom. The number of carboxylic acid groups (broad SMARTS) is 2. The average molecular weight is 942 g/mol. The van der Waals surface area contributed by atoms with Crippen LogP contribution in [0.15, 0.2) is 88.6 Å². The number of hydrogen-bond donors (Lipinski definition) is 2. The fourth-order valence-electron chi connectivity index (χ4n) is 8.34. The Labute approximate surface area is 381 Å². The maximum Gasteiger partial charge on any atom is 0.305 e. The topological polar surface area (TPSA) is 120 Å². The Bertz CT molecular complexity index is 2890. The summed E-state index contributed by atoms with van der Waals surface area (Å²) in [6.45, 7) is 0.185. The summed E-state index contributed by atoms with van der Waals surface area (Å²) in [6, 6.07) is 28.9. The number of thioether (sulfide) groups is 2. The molecule has 0 bridgehead atoms. The largest absolute Gasteiger partial charge is 0.481 e. The number of rotatable bonds is 14. The van der Waals surface area contributed by atoms with Gasteiger partial charge in [0, 0.05) is 66.4 Å². The third-order valence-electron chi connectivity index (χ3n) is 11.2. The minimum absolute atomic E-state index is 0.00211. The number of aromatic nitrogens is 1. The molecule has 0 radical (unpaired) electrons. The third kappa shape index (κ3) is 8.47. The molecule has 2 unspecified atom stereocenters. The zero-order valence-electron chi connectivity index (χ0n) is 32.8. The molecule has 2 atom stereocenters. The van der Waals surface area contributed by atoms with Crippen molar-refractivity contribution in [2.24, 2.45) is 0 Å². The first kappa shape index (κ1) is 42.0. The highest BCUT2D eigenvalue weighted by atomic mass is 32.2. The number of nitrogens with zero attached hydrogens (tertiary/aromatic N) is 3. The summed E-state index contributed by atoms with van der Waals surface area (Å²) >= 11 is 15.0. The quantitative estimate of drug-likeness (QED) is 0.0621. The molecule has 1 aliphatic carbocycles. The van der Waals surface area contributed by atoms with Crippen LogP contribution in [0.4, 0.5) is 10.7 Å². The van der Waals surface area contributed by atoms with Crippen molar-refractivity contribution in [1.29, 1.82) is 0 Å². The smallest absolute Gasteiger partial charge is 0.305 e. The van der Waals surface area contributed by atoms with Crippen LogP contribution in [0.5, 0.6) is 0 Å². The number of fused-ring (bicyclic) bond motifs is 3. The number of thiocarbonyl (C=S) groups is 1. The number of amides is 1. The van der Waals surface area contributed by atoms with Crippen LogP contribution in [-0.2, 0) is 20.9 Å². The van der Waals surface area contributed by atoms with E-state index in [9.17, 15) is 24.3 Å². The van der Waals surface area contributed by atoms with E-state index in [0.29, 0.717) is 38.3 Å². The lowest BCUT2D eigenvalue weighted by Gasteiger charge is -2.25. The standard InChI is InChI=1S/C45H39N3O6S7/c1-56-27-11-9-26(10-12-27)32-14-15-33(57-32)34-16-17-35(58-34)36-18-19-38(59-36)48-30-6-4-5-28(30)29-23-25(8-13-31(29)48)24-37-42(53)46(22-20-40(51)52)44(60-37)41-43(54)47(45(55)61-41)21-3-2-7-39(49)50/h8-19,23-24,28,30H,2-7,20-22H2,1H3,(H,49,50)(H,51,52)/b37-24-,44-41+. The zero-order chi connectivity index (χ0) is 42.4. The molecular weight excluding hydrogens is 903 g/mol. The highest BCUT2D eigenvalue weighted by Gasteiger charge is 2.42. The van der Waals surface area contributed by atoms with Gasteiger partial charge in [0.15, 0.2) is 0 Å². The maximum atomic E-state index is 13.9. The number of unbranched alkanes of at least 4 members (excludes halogenated alkanes) is 1. The minimum atomic E-state index is -1.05. The number of thiazole rings is 1. The van der Waals surface area contributed by atoms with Crippen molar-refractivity contribution in [3.8, 4) is 29.9 Å². The molecule has 16 heteroatoms. The summed E-state index contributed by atoms with van der Waals surface area (Å²) < 4.78 is 2.51. The van der Waals surface area contributed by atoms with E-state index in [2.05, 4.69) is 84.0 Å². The molecule has 6 aromatic rings. The molecular formula is C45H39N3O6S7. The van der Waals surface area contributed by atoms with Gasteiger partial charge in [-0.15, -0.1) is 57.1 Å².